The molecule has 0 saturated heterocycles. The largest absolute Gasteiger partial charge is 0.358 e. The summed E-state index contributed by atoms with van der Waals surface area (Å²) in [5, 5.41) is 0.732. The molecule has 0 aliphatic carbocycles. The van der Waals surface area contributed by atoms with Crippen LogP contribution in [0.1, 0.15) is 13.3 Å². The molecule has 0 spiro atoms. The van der Waals surface area contributed by atoms with Crippen molar-refractivity contribution in [3.63, 3.8) is 0 Å². The first-order valence-corrected chi connectivity index (χ1v) is 5.23. The van der Waals surface area contributed by atoms with Gasteiger partial charge in [-0.2, -0.15) is 0 Å². The first-order valence-electron chi connectivity index (χ1n) is 4.42. The van der Waals surface area contributed by atoms with Gasteiger partial charge in [-0.05, 0) is 13.3 Å². The summed E-state index contributed by atoms with van der Waals surface area (Å²) in [5.74, 6) is 0.749. The van der Waals surface area contributed by atoms with E-state index in [0.717, 1.165) is 18.8 Å². The summed E-state index contributed by atoms with van der Waals surface area (Å²) in [6.45, 7) is 2.80. The molecule has 1 aromatic heterocycles. The average Bonchev–Trinajstić information content (AvgIpc) is 2.15. The molecule has 0 radical (unpaired) electrons. The third-order valence-corrected chi connectivity index (χ3v) is 2.36. The molecule has 0 saturated carbocycles. The number of aromatic nitrogens is 2. The van der Waals surface area contributed by atoms with Crippen LogP contribution >= 0.6 is 23.2 Å². The van der Waals surface area contributed by atoms with Crippen molar-refractivity contribution in [2.45, 2.75) is 18.7 Å². The zero-order valence-electron chi connectivity index (χ0n) is 8.24. The number of rotatable bonds is 4. The molecular formula is C9H13Cl2N3. The van der Waals surface area contributed by atoms with Gasteiger partial charge in [0.2, 0.25) is 0 Å². The molecule has 0 aliphatic rings. The lowest BCUT2D eigenvalue weighted by atomic mass is 10.3. The van der Waals surface area contributed by atoms with Crippen LogP contribution in [0.25, 0.3) is 0 Å². The van der Waals surface area contributed by atoms with Gasteiger partial charge in [-0.1, -0.05) is 11.6 Å². The molecule has 0 fully saturated rings. The van der Waals surface area contributed by atoms with E-state index in [9.17, 15) is 0 Å². The zero-order chi connectivity index (χ0) is 10.6. The van der Waals surface area contributed by atoms with Gasteiger partial charge in [0, 0.05) is 19.0 Å². The summed E-state index contributed by atoms with van der Waals surface area (Å²) in [6, 6.07) is 0. The molecule has 5 heteroatoms. The molecule has 1 rings (SSSR count). The van der Waals surface area contributed by atoms with Crippen LogP contribution in [0.15, 0.2) is 12.5 Å². The van der Waals surface area contributed by atoms with Crippen molar-refractivity contribution in [2.24, 2.45) is 0 Å². The van der Waals surface area contributed by atoms with E-state index in [-0.39, 0.29) is 5.38 Å². The number of nitrogens with zero attached hydrogens (tertiary/aromatic N) is 3. The monoisotopic (exact) mass is 233 g/mol. The molecule has 14 heavy (non-hydrogen) atoms. The lowest BCUT2D eigenvalue weighted by molar-refractivity contribution is 0.764. The van der Waals surface area contributed by atoms with Crippen LogP contribution in [0.4, 0.5) is 5.82 Å². The van der Waals surface area contributed by atoms with E-state index in [1.807, 2.05) is 18.9 Å². The summed E-state index contributed by atoms with van der Waals surface area (Å²) in [6.07, 6.45) is 3.98. The van der Waals surface area contributed by atoms with E-state index in [4.69, 9.17) is 23.2 Å². The summed E-state index contributed by atoms with van der Waals surface area (Å²) in [5.41, 5.74) is 0. The SMILES string of the molecule is CC(Cl)CCN(C)c1ncncc1Cl. The van der Waals surface area contributed by atoms with Crippen molar-refractivity contribution in [1.29, 1.82) is 0 Å². The second-order valence-electron chi connectivity index (χ2n) is 3.19. The van der Waals surface area contributed by atoms with Crippen LogP contribution in [0.3, 0.4) is 0 Å². The van der Waals surface area contributed by atoms with Crippen molar-refractivity contribution in [3.8, 4) is 0 Å². The summed E-state index contributed by atoms with van der Waals surface area (Å²) in [7, 11) is 1.94. The average molecular weight is 234 g/mol. The molecule has 1 unspecified atom stereocenters. The van der Waals surface area contributed by atoms with E-state index < -0.39 is 0 Å². The summed E-state index contributed by atoms with van der Waals surface area (Å²) >= 11 is 11.8. The Labute approximate surface area is 94.1 Å². The Morgan fingerprint density at radius 2 is 2.29 bits per heavy atom. The van der Waals surface area contributed by atoms with Crippen LogP contribution in [-0.2, 0) is 0 Å². The van der Waals surface area contributed by atoms with Crippen molar-refractivity contribution in [3.05, 3.63) is 17.5 Å². The minimum absolute atomic E-state index is 0.165. The molecule has 1 heterocycles. The molecule has 78 valence electrons. The first kappa shape index (κ1) is 11.5. The van der Waals surface area contributed by atoms with E-state index >= 15 is 0 Å². The third-order valence-electron chi connectivity index (χ3n) is 1.87. The number of hydrogen-bond donors (Lipinski definition) is 0. The van der Waals surface area contributed by atoms with Gasteiger partial charge in [0.15, 0.2) is 5.82 Å². The maximum absolute atomic E-state index is 5.93. The second-order valence-corrected chi connectivity index (χ2v) is 4.34. The highest BCUT2D eigenvalue weighted by Crippen LogP contribution is 2.20. The Hall–Kier alpha value is -0.540. The number of anilines is 1. The van der Waals surface area contributed by atoms with Gasteiger partial charge in [0.1, 0.15) is 11.3 Å². The Balaban J connectivity index is 2.60. The third kappa shape index (κ3) is 3.31. The minimum Gasteiger partial charge on any atom is -0.358 e. The Bertz CT molecular complexity index is 291. The fourth-order valence-corrected chi connectivity index (χ4v) is 1.41. The minimum atomic E-state index is 0.165. The first-order chi connectivity index (χ1) is 6.61. The van der Waals surface area contributed by atoms with Gasteiger partial charge in [0.25, 0.3) is 0 Å². The Morgan fingerprint density at radius 1 is 1.57 bits per heavy atom. The van der Waals surface area contributed by atoms with E-state index in [0.29, 0.717) is 5.02 Å². The predicted octanol–water partition coefficient (Wildman–Crippen LogP) is 2.58. The summed E-state index contributed by atoms with van der Waals surface area (Å²) < 4.78 is 0. The highest BCUT2D eigenvalue weighted by molar-refractivity contribution is 6.32. The molecule has 0 aliphatic heterocycles. The van der Waals surface area contributed by atoms with Crippen molar-refractivity contribution in [1.82, 2.24) is 9.97 Å². The molecule has 0 amide bonds. The van der Waals surface area contributed by atoms with Crippen LogP contribution < -0.4 is 4.90 Å². The zero-order valence-corrected chi connectivity index (χ0v) is 9.76. The van der Waals surface area contributed by atoms with Crippen molar-refractivity contribution >= 4 is 29.0 Å². The highest BCUT2D eigenvalue weighted by Gasteiger charge is 2.07. The highest BCUT2D eigenvalue weighted by atomic mass is 35.5. The van der Waals surface area contributed by atoms with Crippen LogP contribution in [0.5, 0.6) is 0 Å². The van der Waals surface area contributed by atoms with Gasteiger partial charge in [-0.25, -0.2) is 9.97 Å². The van der Waals surface area contributed by atoms with Crippen LogP contribution in [0.2, 0.25) is 5.02 Å². The van der Waals surface area contributed by atoms with Crippen molar-refractivity contribution in [2.75, 3.05) is 18.5 Å². The van der Waals surface area contributed by atoms with Crippen molar-refractivity contribution < 1.29 is 0 Å². The fourth-order valence-electron chi connectivity index (χ4n) is 1.06. The molecular weight excluding hydrogens is 221 g/mol. The second kappa shape index (κ2) is 5.37. The van der Waals surface area contributed by atoms with E-state index in [1.54, 1.807) is 6.20 Å². The molecule has 3 nitrogen and oxygen atoms in total. The van der Waals surface area contributed by atoms with Gasteiger partial charge in [-0.15, -0.1) is 11.6 Å². The van der Waals surface area contributed by atoms with Gasteiger partial charge >= 0.3 is 0 Å². The molecule has 0 N–H and O–H groups in total. The molecule has 1 atom stereocenters. The summed E-state index contributed by atoms with van der Waals surface area (Å²) in [4.78, 5) is 9.90. The van der Waals surface area contributed by atoms with E-state index in [1.165, 1.54) is 6.33 Å². The smallest absolute Gasteiger partial charge is 0.150 e. The van der Waals surface area contributed by atoms with Crippen LogP contribution in [0, 0.1) is 0 Å². The topological polar surface area (TPSA) is 29.0 Å². The fraction of sp³-hybridized carbons (Fsp3) is 0.556. The maximum Gasteiger partial charge on any atom is 0.150 e. The number of halogens is 2. The number of hydrogen-bond acceptors (Lipinski definition) is 3. The predicted molar refractivity (Wildman–Crippen MR) is 60.2 cm³/mol. The molecule has 0 bridgehead atoms. The van der Waals surface area contributed by atoms with Gasteiger partial charge in [0.05, 0.1) is 6.20 Å². The van der Waals surface area contributed by atoms with E-state index in [2.05, 4.69) is 9.97 Å². The normalized spacial score (nSPS) is 12.6. The Kier molecular flexibility index (Phi) is 4.42. The maximum atomic E-state index is 5.93. The van der Waals surface area contributed by atoms with Crippen LogP contribution in [-0.4, -0.2) is 28.9 Å². The quantitative estimate of drug-likeness (QED) is 0.750. The lowest BCUT2D eigenvalue weighted by Gasteiger charge is -2.19. The van der Waals surface area contributed by atoms with Gasteiger partial charge < -0.3 is 4.90 Å². The standard InChI is InChI=1S/C9H13Cl2N3/c1-7(10)3-4-14(2)9-8(11)5-12-6-13-9/h5-7H,3-4H2,1-2H3. The lowest BCUT2D eigenvalue weighted by Crippen LogP contribution is -2.21. The number of alkyl halides is 1. The molecule has 0 aromatic carbocycles. The Morgan fingerprint density at radius 3 is 2.86 bits per heavy atom. The van der Waals surface area contributed by atoms with Gasteiger partial charge in [-0.3, -0.25) is 0 Å². The molecule has 1 aromatic rings.